The molecule has 2 rings (SSSR count). The van der Waals surface area contributed by atoms with Crippen LogP contribution in [0.4, 0.5) is 0 Å². The molecule has 0 aromatic rings. The summed E-state index contributed by atoms with van der Waals surface area (Å²) in [5.74, 6) is 0. The maximum atomic E-state index is 2.44. The highest BCUT2D eigenvalue weighted by molar-refractivity contribution is 5.65. The Kier molecular flexibility index (Phi) is 3.48. The molecule has 0 aromatic carbocycles. The highest BCUT2D eigenvalue weighted by atomic mass is 14.4. The zero-order valence-electron chi connectivity index (χ0n) is 14.6. The predicted molar refractivity (Wildman–Crippen MR) is 89.7 cm³/mol. The van der Waals surface area contributed by atoms with Crippen LogP contribution in [0.3, 0.4) is 0 Å². The fourth-order valence-corrected chi connectivity index (χ4v) is 3.52. The second-order valence-corrected chi connectivity index (χ2v) is 6.97. The second-order valence-electron chi connectivity index (χ2n) is 6.97. The zero-order valence-corrected chi connectivity index (χ0v) is 14.6. The predicted octanol–water partition coefficient (Wildman–Crippen LogP) is 6.29. The van der Waals surface area contributed by atoms with Crippen molar-refractivity contribution in [1.29, 1.82) is 0 Å². The van der Waals surface area contributed by atoms with Gasteiger partial charge >= 0.3 is 0 Å². The van der Waals surface area contributed by atoms with E-state index in [1.807, 2.05) is 0 Å². The maximum Gasteiger partial charge on any atom is 0.0111 e. The van der Waals surface area contributed by atoms with Crippen molar-refractivity contribution in [2.75, 3.05) is 0 Å². The summed E-state index contributed by atoms with van der Waals surface area (Å²) >= 11 is 0. The molecule has 2 aliphatic carbocycles. The highest BCUT2D eigenvalue weighted by Gasteiger charge is 2.34. The van der Waals surface area contributed by atoms with E-state index in [0.717, 1.165) is 0 Å². The third-order valence-corrected chi connectivity index (χ3v) is 5.92. The molecule has 0 heteroatoms. The first-order valence-corrected chi connectivity index (χ1v) is 7.58. The lowest BCUT2D eigenvalue weighted by atomic mass is 9.79. The van der Waals surface area contributed by atoms with Crippen LogP contribution in [0.15, 0.2) is 56.2 Å². The van der Waals surface area contributed by atoms with E-state index in [0.29, 0.717) is 0 Å². The summed E-state index contributed by atoms with van der Waals surface area (Å²) in [5.41, 5.74) is 13.3. The first-order valence-electron chi connectivity index (χ1n) is 7.58. The molecule has 0 N–H and O–H groups in total. The molecule has 0 radical (unpaired) electrons. The van der Waals surface area contributed by atoms with Crippen LogP contribution in [0.5, 0.6) is 0 Å². The quantitative estimate of drug-likeness (QED) is 0.524. The van der Waals surface area contributed by atoms with E-state index in [-0.39, 0.29) is 5.41 Å². The molecule has 108 valence electrons. The molecular formula is C20H28. The largest absolute Gasteiger partial charge is 0.0601 e. The molecule has 0 aromatic heterocycles. The molecule has 0 saturated heterocycles. The summed E-state index contributed by atoms with van der Waals surface area (Å²) in [6, 6.07) is 0. The molecule has 0 unspecified atom stereocenters. The van der Waals surface area contributed by atoms with Gasteiger partial charge in [0.1, 0.15) is 0 Å². The van der Waals surface area contributed by atoms with Crippen molar-refractivity contribution in [3.8, 4) is 0 Å². The zero-order chi connectivity index (χ0) is 15.4. The number of allylic oxidation sites excluding steroid dienone is 10. The summed E-state index contributed by atoms with van der Waals surface area (Å²) in [6.07, 6.45) is 2.44. The van der Waals surface area contributed by atoms with Gasteiger partial charge in [0.05, 0.1) is 0 Å². The Hall–Kier alpha value is -1.30. The molecular weight excluding hydrogens is 240 g/mol. The Morgan fingerprint density at radius 3 is 1.40 bits per heavy atom. The van der Waals surface area contributed by atoms with Gasteiger partial charge in [0.25, 0.3) is 0 Å². The second kappa shape index (κ2) is 4.62. The molecule has 0 amide bonds. The molecule has 0 heterocycles. The lowest BCUT2D eigenvalue weighted by Gasteiger charge is -2.24. The molecule has 0 aliphatic heterocycles. The first kappa shape index (κ1) is 15.1. The average Bonchev–Trinajstić information content (AvgIpc) is 2.66. The standard InChI is InChI=1S/C20H28/c1-11-12(2)15(5)18(14(11)4)10-19-16(6)13(3)17(7)20(19,8)9/h10H,1-9H3. The third kappa shape index (κ3) is 1.89. The van der Waals surface area contributed by atoms with Crippen LogP contribution in [-0.4, -0.2) is 0 Å². The van der Waals surface area contributed by atoms with Gasteiger partial charge in [0.15, 0.2) is 0 Å². The maximum absolute atomic E-state index is 2.44. The van der Waals surface area contributed by atoms with Crippen LogP contribution in [-0.2, 0) is 0 Å². The molecule has 0 atom stereocenters. The molecule has 0 nitrogen and oxygen atoms in total. The number of rotatable bonds is 1. The Balaban J connectivity index is 2.60. The summed E-state index contributed by atoms with van der Waals surface area (Å²) in [4.78, 5) is 0. The van der Waals surface area contributed by atoms with Crippen molar-refractivity contribution >= 4 is 0 Å². The molecule has 0 spiro atoms. The van der Waals surface area contributed by atoms with Crippen LogP contribution in [0, 0.1) is 5.41 Å². The summed E-state index contributed by atoms with van der Waals surface area (Å²) in [7, 11) is 0. The highest BCUT2D eigenvalue weighted by Crippen LogP contribution is 2.48. The lowest BCUT2D eigenvalue weighted by molar-refractivity contribution is 0.560. The Labute approximate surface area is 124 Å². The van der Waals surface area contributed by atoms with Gasteiger partial charge in [-0.3, -0.25) is 0 Å². The van der Waals surface area contributed by atoms with Crippen LogP contribution in [0.25, 0.3) is 0 Å². The van der Waals surface area contributed by atoms with Crippen molar-refractivity contribution in [2.45, 2.75) is 62.3 Å². The van der Waals surface area contributed by atoms with Crippen molar-refractivity contribution < 1.29 is 0 Å². The van der Waals surface area contributed by atoms with Crippen molar-refractivity contribution in [3.63, 3.8) is 0 Å². The van der Waals surface area contributed by atoms with Crippen LogP contribution < -0.4 is 0 Å². The number of hydrogen-bond donors (Lipinski definition) is 0. The molecule has 0 bridgehead atoms. The van der Waals surface area contributed by atoms with Gasteiger partial charge in [-0.1, -0.05) is 25.5 Å². The molecule has 20 heavy (non-hydrogen) atoms. The van der Waals surface area contributed by atoms with Gasteiger partial charge in [-0.25, -0.2) is 0 Å². The van der Waals surface area contributed by atoms with Crippen molar-refractivity contribution in [2.24, 2.45) is 5.41 Å². The monoisotopic (exact) mass is 268 g/mol. The molecule has 0 fully saturated rings. The molecule has 0 saturated carbocycles. The number of hydrogen-bond acceptors (Lipinski definition) is 0. The summed E-state index contributed by atoms with van der Waals surface area (Å²) in [5, 5.41) is 0. The minimum atomic E-state index is 0.159. The van der Waals surface area contributed by atoms with Crippen molar-refractivity contribution in [1.82, 2.24) is 0 Å². The topological polar surface area (TPSA) is 0 Å². The van der Waals surface area contributed by atoms with Gasteiger partial charge in [-0.2, -0.15) is 0 Å². The van der Waals surface area contributed by atoms with Gasteiger partial charge < -0.3 is 0 Å². The fourth-order valence-electron chi connectivity index (χ4n) is 3.52. The van der Waals surface area contributed by atoms with E-state index in [2.05, 4.69) is 68.4 Å². The smallest absolute Gasteiger partial charge is 0.0111 e. The van der Waals surface area contributed by atoms with Crippen LogP contribution >= 0.6 is 0 Å². The van der Waals surface area contributed by atoms with Gasteiger partial charge in [0.2, 0.25) is 0 Å². The minimum Gasteiger partial charge on any atom is -0.0601 e. The van der Waals surface area contributed by atoms with Crippen molar-refractivity contribution in [3.05, 3.63) is 56.2 Å². The Morgan fingerprint density at radius 2 is 1.05 bits per heavy atom. The SMILES string of the molecule is CC1=C(C)C(C)=C(C)C1=CC1=C(C)C(C)=C(C)C1(C)C. The normalized spacial score (nSPS) is 22.8. The van der Waals surface area contributed by atoms with E-state index in [4.69, 9.17) is 0 Å². The van der Waals surface area contributed by atoms with E-state index < -0.39 is 0 Å². The summed E-state index contributed by atoms with van der Waals surface area (Å²) < 4.78 is 0. The van der Waals surface area contributed by atoms with Gasteiger partial charge in [-0.15, -0.1) is 0 Å². The van der Waals surface area contributed by atoms with Crippen LogP contribution in [0.2, 0.25) is 0 Å². The van der Waals surface area contributed by atoms with E-state index in [1.165, 1.54) is 50.2 Å². The van der Waals surface area contributed by atoms with Crippen LogP contribution in [0.1, 0.15) is 62.3 Å². The first-order chi connectivity index (χ1) is 9.10. The Bertz CT molecular complexity index is 612. The van der Waals surface area contributed by atoms with Gasteiger partial charge in [0, 0.05) is 5.41 Å². The lowest BCUT2D eigenvalue weighted by Crippen LogP contribution is -2.12. The molecule has 2 aliphatic rings. The Morgan fingerprint density at radius 1 is 0.600 bits per heavy atom. The van der Waals surface area contributed by atoms with E-state index >= 15 is 0 Å². The minimum absolute atomic E-state index is 0.159. The van der Waals surface area contributed by atoms with E-state index in [9.17, 15) is 0 Å². The summed E-state index contributed by atoms with van der Waals surface area (Å²) in [6.45, 7) is 20.5. The third-order valence-electron chi connectivity index (χ3n) is 5.92. The fraction of sp³-hybridized carbons (Fsp3) is 0.500. The van der Waals surface area contributed by atoms with E-state index in [1.54, 1.807) is 0 Å². The van der Waals surface area contributed by atoms with Gasteiger partial charge in [-0.05, 0) is 93.1 Å². The average molecular weight is 268 g/mol.